The summed E-state index contributed by atoms with van der Waals surface area (Å²) >= 11 is 0. The fourth-order valence-electron chi connectivity index (χ4n) is 2.97. The Hall–Kier alpha value is -1.91. The van der Waals surface area contributed by atoms with Crippen molar-refractivity contribution in [2.75, 3.05) is 25.0 Å². The number of guanidine groups is 1. The quantitative estimate of drug-likeness (QED) is 0.403. The van der Waals surface area contributed by atoms with Crippen LogP contribution >= 0.6 is 24.0 Å². The molecule has 142 valence electrons. The van der Waals surface area contributed by atoms with E-state index in [2.05, 4.69) is 30.7 Å². The molecule has 1 saturated heterocycles. The fourth-order valence-corrected chi connectivity index (χ4v) is 2.97. The van der Waals surface area contributed by atoms with Crippen LogP contribution in [-0.2, 0) is 6.54 Å². The van der Waals surface area contributed by atoms with Crippen molar-refractivity contribution in [3.63, 3.8) is 0 Å². The van der Waals surface area contributed by atoms with Gasteiger partial charge >= 0.3 is 0 Å². The predicted octanol–water partition coefficient (Wildman–Crippen LogP) is 2.47. The zero-order valence-corrected chi connectivity index (χ0v) is 17.2. The van der Waals surface area contributed by atoms with E-state index >= 15 is 0 Å². The Labute approximate surface area is 169 Å². The molecule has 1 aliphatic heterocycles. The Bertz CT molecular complexity index is 738. The zero-order chi connectivity index (χ0) is 17.6. The van der Waals surface area contributed by atoms with E-state index in [1.165, 1.54) is 6.07 Å². The van der Waals surface area contributed by atoms with Gasteiger partial charge in [0.1, 0.15) is 5.82 Å². The first-order valence-corrected chi connectivity index (χ1v) is 8.41. The van der Waals surface area contributed by atoms with Gasteiger partial charge in [-0.25, -0.2) is 4.39 Å². The largest absolute Gasteiger partial charge is 0.369 e. The second-order valence-corrected chi connectivity index (χ2v) is 6.06. The highest BCUT2D eigenvalue weighted by molar-refractivity contribution is 14.0. The van der Waals surface area contributed by atoms with Crippen molar-refractivity contribution in [1.82, 2.24) is 20.8 Å². The van der Waals surface area contributed by atoms with Crippen LogP contribution in [0, 0.1) is 12.7 Å². The van der Waals surface area contributed by atoms with Gasteiger partial charge in [-0.3, -0.25) is 4.99 Å². The number of aromatic nitrogens is 2. The van der Waals surface area contributed by atoms with Gasteiger partial charge < -0.3 is 20.1 Å². The van der Waals surface area contributed by atoms with Crippen molar-refractivity contribution in [3.8, 4) is 0 Å². The highest BCUT2D eigenvalue weighted by Gasteiger charge is 2.21. The second-order valence-electron chi connectivity index (χ2n) is 6.06. The van der Waals surface area contributed by atoms with E-state index in [0.717, 1.165) is 31.6 Å². The van der Waals surface area contributed by atoms with Crippen LogP contribution in [0.4, 0.5) is 10.1 Å². The monoisotopic (exact) mass is 474 g/mol. The summed E-state index contributed by atoms with van der Waals surface area (Å²) in [5, 5.41) is 10.5. The zero-order valence-electron chi connectivity index (χ0n) is 14.9. The normalized spacial score (nSPS) is 17.6. The third-order valence-electron chi connectivity index (χ3n) is 4.14. The minimum absolute atomic E-state index is 0. The summed E-state index contributed by atoms with van der Waals surface area (Å²) in [5.41, 5.74) is 0.914. The Kier molecular flexibility index (Phi) is 7.61. The molecule has 26 heavy (non-hydrogen) atoms. The summed E-state index contributed by atoms with van der Waals surface area (Å²) < 4.78 is 18.4. The molecule has 9 heteroatoms. The van der Waals surface area contributed by atoms with Crippen LogP contribution in [0.1, 0.15) is 24.6 Å². The van der Waals surface area contributed by atoms with Crippen LogP contribution in [0.15, 0.2) is 33.8 Å². The van der Waals surface area contributed by atoms with Crippen LogP contribution in [0.2, 0.25) is 0 Å². The minimum atomic E-state index is -0.208. The van der Waals surface area contributed by atoms with E-state index in [9.17, 15) is 4.39 Å². The van der Waals surface area contributed by atoms with E-state index in [4.69, 9.17) is 4.52 Å². The maximum absolute atomic E-state index is 13.5. The smallest absolute Gasteiger partial charge is 0.223 e. The molecule has 0 spiro atoms. The lowest BCUT2D eigenvalue weighted by molar-refractivity contribution is 0.386. The molecule has 1 aliphatic rings. The van der Waals surface area contributed by atoms with Crippen LogP contribution in [-0.4, -0.2) is 42.3 Å². The Balaban J connectivity index is 0.00000243. The standard InChI is InChI=1S/C17H23FN6O.HI/c1-12-21-16(23-25-12)10-20-17(19-2)22-14-6-4-8-24(11-14)15-7-3-5-13(18)9-15;/h3,5,7,9,14H,4,6,8,10-11H2,1-2H3,(H2,19,20,22);1H. The van der Waals surface area contributed by atoms with Crippen molar-refractivity contribution in [3.05, 3.63) is 41.8 Å². The Morgan fingerprint density at radius 1 is 1.46 bits per heavy atom. The summed E-state index contributed by atoms with van der Waals surface area (Å²) in [6.45, 7) is 3.92. The van der Waals surface area contributed by atoms with E-state index in [-0.39, 0.29) is 35.8 Å². The van der Waals surface area contributed by atoms with E-state index in [1.54, 1.807) is 26.1 Å². The average Bonchev–Trinajstić information content (AvgIpc) is 3.04. The summed E-state index contributed by atoms with van der Waals surface area (Å²) in [4.78, 5) is 10.6. The van der Waals surface area contributed by atoms with Crippen molar-refractivity contribution in [2.45, 2.75) is 32.4 Å². The Morgan fingerprint density at radius 3 is 3.00 bits per heavy atom. The number of hydrogen-bond acceptors (Lipinski definition) is 5. The van der Waals surface area contributed by atoms with Gasteiger partial charge in [0, 0.05) is 38.8 Å². The van der Waals surface area contributed by atoms with Gasteiger partial charge in [0.2, 0.25) is 5.89 Å². The summed E-state index contributed by atoms with van der Waals surface area (Å²) in [5.74, 6) is 1.61. The SMILES string of the molecule is CN=C(NCc1noc(C)n1)NC1CCCN(c2cccc(F)c2)C1.I. The molecule has 2 N–H and O–H groups in total. The highest BCUT2D eigenvalue weighted by Crippen LogP contribution is 2.20. The van der Waals surface area contributed by atoms with Crippen LogP contribution < -0.4 is 15.5 Å². The number of nitrogens with one attached hydrogen (secondary N) is 2. The fraction of sp³-hybridized carbons (Fsp3) is 0.471. The first-order valence-electron chi connectivity index (χ1n) is 8.41. The highest BCUT2D eigenvalue weighted by atomic mass is 127. The molecule has 1 fully saturated rings. The number of aryl methyl sites for hydroxylation is 1. The van der Waals surface area contributed by atoms with E-state index < -0.39 is 0 Å². The lowest BCUT2D eigenvalue weighted by Crippen LogP contribution is -2.51. The van der Waals surface area contributed by atoms with Crippen molar-refractivity contribution < 1.29 is 8.91 Å². The van der Waals surface area contributed by atoms with Crippen molar-refractivity contribution in [1.29, 1.82) is 0 Å². The van der Waals surface area contributed by atoms with Crippen LogP contribution in [0.25, 0.3) is 0 Å². The summed E-state index contributed by atoms with van der Waals surface area (Å²) in [7, 11) is 1.73. The van der Waals surface area contributed by atoms with Gasteiger partial charge in [-0.2, -0.15) is 4.98 Å². The molecule has 0 aliphatic carbocycles. The molecule has 7 nitrogen and oxygen atoms in total. The molecular formula is C17H24FIN6O. The molecule has 0 amide bonds. The number of hydrogen-bond donors (Lipinski definition) is 2. The molecule has 1 atom stereocenters. The van der Waals surface area contributed by atoms with E-state index in [1.807, 2.05) is 6.07 Å². The molecule has 1 unspecified atom stereocenters. The number of benzene rings is 1. The number of rotatable bonds is 4. The third kappa shape index (κ3) is 5.55. The molecule has 2 aromatic rings. The molecule has 3 rings (SSSR count). The third-order valence-corrected chi connectivity index (χ3v) is 4.14. The van der Waals surface area contributed by atoms with Crippen LogP contribution in [0.5, 0.6) is 0 Å². The predicted molar refractivity (Wildman–Crippen MR) is 109 cm³/mol. The second kappa shape index (κ2) is 9.70. The van der Waals surface area contributed by atoms with Gasteiger partial charge in [-0.15, -0.1) is 24.0 Å². The molecular weight excluding hydrogens is 450 g/mol. The number of nitrogens with zero attached hydrogens (tertiary/aromatic N) is 4. The Morgan fingerprint density at radius 2 is 2.31 bits per heavy atom. The lowest BCUT2D eigenvalue weighted by atomic mass is 10.0. The maximum Gasteiger partial charge on any atom is 0.223 e. The van der Waals surface area contributed by atoms with Gasteiger partial charge in [-0.1, -0.05) is 11.2 Å². The first kappa shape index (κ1) is 20.4. The van der Waals surface area contributed by atoms with E-state index in [0.29, 0.717) is 24.2 Å². The number of aliphatic imine (C=N–C) groups is 1. The van der Waals surface area contributed by atoms with Crippen LogP contribution in [0.3, 0.4) is 0 Å². The summed E-state index contributed by atoms with van der Waals surface area (Å²) in [6.07, 6.45) is 2.07. The number of halogens is 2. The molecule has 1 aromatic carbocycles. The van der Waals surface area contributed by atoms with Crippen molar-refractivity contribution >= 4 is 35.6 Å². The van der Waals surface area contributed by atoms with Gasteiger partial charge in [0.05, 0.1) is 6.54 Å². The molecule has 2 heterocycles. The molecule has 0 radical (unpaired) electrons. The molecule has 0 saturated carbocycles. The van der Waals surface area contributed by atoms with Crippen molar-refractivity contribution in [2.24, 2.45) is 4.99 Å². The minimum Gasteiger partial charge on any atom is -0.369 e. The topological polar surface area (TPSA) is 78.6 Å². The lowest BCUT2D eigenvalue weighted by Gasteiger charge is -2.35. The van der Waals surface area contributed by atoms with Gasteiger partial charge in [-0.05, 0) is 31.0 Å². The average molecular weight is 474 g/mol. The maximum atomic E-state index is 13.5. The number of piperidine rings is 1. The molecule has 1 aromatic heterocycles. The van der Waals surface area contributed by atoms with Gasteiger partial charge in [0.25, 0.3) is 0 Å². The summed E-state index contributed by atoms with van der Waals surface area (Å²) in [6, 6.07) is 6.96. The number of anilines is 1. The van der Waals surface area contributed by atoms with Gasteiger partial charge in [0.15, 0.2) is 11.8 Å². The molecule has 0 bridgehead atoms. The first-order chi connectivity index (χ1) is 12.1.